The average molecular weight is 309 g/mol. The number of halogens is 1. The highest BCUT2D eigenvalue weighted by atomic mass is 19.1. The summed E-state index contributed by atoms with van der Waals surface area (Å²) in [6.45, 7) is 4.09. The summed E-state index contributed by atoms with van der Waals surface area (Å²) in [5.41, 5.74) is 0.106. The second kappa shape index (κ2) is 6.41. The van der Waals surface area contributed by atoms with Crippen molar-refractivity contribution in [1.29, 1.82) is 0 Å². The van der Waals surface area contributed by atoms with Gasteiger partial charge in [-0.3, -0.25) is 10.1 Å². The molecule has 6 nitrogen and oxygen atoms in total. The molecular formula is C15H20FN3O3. The third kappa shape index (κ3) is 3.10. The van der Waals surface area contributed by atoms with E-state index in [2.05, 4.69) is 10.3 Å². The molecule has 3 N–H and O–H groups in total. The molecule has 2 aromatic rings. The van der Waals surface area contributed by atoms with E-state index < -0.39 is 11.5 Å². The number of aromatic nitrogens is 2. The molecular weight excluding hydrogens is 289 g/mol. The van der Waals surface area contributed by atoms with Gasteiger partial charge in [0.15, 0.2) is 0 Å². The predicted octanol–water partition coefficient (Wildman–Crippen LogP) is 1.51. The first-order valence-corrected chi connectivity index (χ1v) is 7.15. The molecule has 7 heteroatoms. The molecule has 1 unspecified atom stereocenters. The fraction of sp³-hybridized carbons (Fsp3) is 0.467. The van der Waals surface area contributed by atoms with Crippen molar-refractivity contribution in [2.45, 2.75) is 38.9 Å². The summed E-state index contributed by atoms with van der Waals surface area (Å²) in [7, 11) is 0. The van der Waals surface area contributed by atoms with Crippen LogP contribution in [-0.4, -0.2) is 37.9 Å². The molecule has 0 aliphatic rings. The molecule has 0 saturated heterocycles. The van der Waals surface area contributed by atoms with Gasteiger partial charge in [0.1, 0.15) is 17.2 Å². The van der Waals surface area contributed by atoms with Gasteiger partial charge < -0.3 is 14.8 Å². The van der Waals surface area contributed by atoms with Crippen LogP contribution in [0.5, 0.6) is 0 Å². The summed E-state index contributed by atoms with van der Waals surface area (Å²) >= 11 is 0. The number of aryl methyl sites for hydroxylation is 1. The SMILES string of the molecule is CCn1c(CNC(C)(CCO)C(=O)O)nc2cc(F)ccc21. The van der Waals surface area contributed by atoms with Crippen LogP contribution in [0.15, 0.2) is 18.2 Å². The number of carbonyl (C=O) groups is 1. The standard InChI is InChI=1S/C15H20FN3O3/c1-3-19-12-5-4-10(16)8-11(12)18-13(19)9-17-15(2,6-7-20)14(21)22/h4-5,8,17,20H,3,6-7,9H2,1-2H3,(H,21,22). The Kier molecular flexibility index (Phi) is 4.77. The van der Waals surface area contributed by atoms with Gasteiger partial charge in [-0.25, -0.2) is 9.37 Å². The highest BCUT2D eigenvalue weighted by Gasteiger charge is 2.32. The van der Waals surface area contributed by atoms with Crippen LogP contribution in [0.2, 0.25) is 0 Å². The Bertz CT molecular complexity index is 686. The number of nitrogens with one attached hydrogen (secondary N) is 1. The fourth-order valence-corrected chi connectivity index (χ4v) is 2.41. The van der Waals surface area contributed by atoms with Gasteiger partial charge in [0.05, 0.1) is 17.6 Å². The summed E-state index contributed by atoms with van der Waals surface area (Å²) in [6, 6.07) is 4.39. The highest BCUT2D eigenvalue weighted by Crippen LogP contribution is 2.19. The lowest BCUT2D eigenvalue weighted by Crippen LogP contribution is -2.50. The molecule has 0 bridgehead atoms. The quantitative estimate of drug-likeness (QED) is 0.721. The number of benzene rings is 1. The number of aliphatic hydroxyl groups excluding tert-OH is 1. The summed E-state index contributed by atoms with van der Waals surface area (Å²) < 4.78 is 15.2. The summed E-state index contributed by atoms with van der Waals surface area (Å²) in [5.74, 6) is -0.760. The van der Waals surface area contributed by atoms with Crippen LogP contribution in [0.1, 0.15) is 26.1 Å². The lowest BCUT2D eigenvalue weighted by molar-refractivity contribution is -0.145. The van der Waals surface area contributed by atoms with Crippen LogP contribution < -0.4 is 5.32 Å². The summed E-state index contributed by atoms with van der Waals surface area (Å²) in [6.07, 6.45) is 0.0866. The van der Waals surface area contributed by atoms with Crippen LogP contribution in [0.3, 0.4) is 0 Å². The van der Waals surface area contributed by atoms with Gasteiger partial charge in [-0.05, 0) is 32.4 Å². The average Bonchev–Trinajstić information content (AvgIpc) is 2.81. The highest BCUT2D eigenvalue weighted by molar-refractivity contribution is 5.78. The van der Waals surface area contributed by atoms with E-state index in [0.29, 0.717) is 17.9 Å². The zero-order valence-corrected chi connectivity index (χ0v) is 12.6. The molecule has 1 aromatic heterocycles. The van der Waals surface area contributed by atoms with Crippen molar-refractivity contribution in [1.82, 2.24) is 14.9 Å². The number of nitrogens with zero attached hydrogens (tertiary/aromatic N) is 2. The molecule has 1 heterocycles. The van der Waals surface area contributed by atoms with Crippen molar-refractivity contribution < 1.29 is 19.4 Å². The van der Waals surface area contributed by atoms with Gasteiger partial charge in [-0.2, -0.15) is 0 Å². The zero-order chi connectivity index (χ0) is 16.3. The second-order valence-electron chi connectivity index (χ2n) is 5.37. The number of aliphatic hydroxyl groups is 1. The molecule has 2 rings (SSSR count). The van der Waals surface area contributed by atoms with Crippen LogP contribution in [-0.2, 0) is 17.9 Å². The first kappa shape index (κ1) is 16.4. The normalized spacial score (nSPS) is 14.2. The van der Waals surface area contributed by atoms with E-state index in [9.17, 15) is 14.3 Å². The van der Waals surface area contributed by atoms with Gasteiger partial charge in [-0.15, -0.1) is 0 Å². The maximum Gasteiger partial charge on any atom is 0.323 e. The van der Waals surface area contributed by atoms with Crippen molar-refractivity contribution in [3.05, 3.63) is 29.8 Å². The lowest BCUT2D eigenvalue weighted by Gasteiger charge is -2.25. The Balaban J connectivity index is 2.29. The molecule has 0 aliphatic heterocycles. The van der Waals surface area contributed by atoms with Crippen LogP contribution in [0, 0.1) is 5.82 Å². The number of hydrogen-bond donors (Lipinski definition) is 3. The molecule has 0 fully saturated rings. The Morgan fingerprint density at radius 3 is 2.82 bits per heavy atom. The monoisotopic (exact) mass is 309 g/mol. The Morgan fingerprint density at radius 2 is 2.23 bits per heavy atom. The first-order chi connectivity index (χ1) is 10.4. The predicted molar refractivity (Wildman–Crippen MR) is 79.9 cm³/mol. The molecule has 0 amide bonds. The summed E-state index contributed by atoms with van der Waals surface area (Å²) in [5, 5.41) is 21.2. The van der Waals surface area contributed by atoms with E-state index in [1.165, 1.54) is 19.1 Å². The smallest absolute Gasteiger partial charge is 0.323 e. The van der Waals surface area contributed by atoms with E-state index in [1.54, 1.807) is 6.07 Å². The van der Waals surface area contributed by atoms with Crippen molar-refractivity contribution in [3.8, 4) is 0 Å². The Labute approximate surface area is 127 Å². The Morgan fingerprint density at radius 1 is 1.50 bits per heavy atom. The minimum atomic E-state index is -1.24. The minimum Gasteiger partial charge on any atom is -0.480 e. The number of carboxylic acid groups (broad SMARTS) is 1. The van der Waals surface area contributed by atoms with Crippen molar-refractivity contribution in [2.75, 3.05) is 6.61 Å². The maximum absolute atomic E-state index is 13.3. The van der Waals surface area contributed by atoms with Gasteiger partial charge in [0, 0.05) is 19.2 Å². The molecule has 1 aromatic carbocycles. The van der Waals surface area contributed by atoms with E-state index in [-0.39, 0.29) is 25.4 Å². The second-order valence-corrected chi connectivity index (χ2v) is 5.37. The lowest BCUT2D eigenvalue weighted by atomic mass is 9.98. The largest absolute Gasteiger partial charge is 0.480 e. The molecule has 0 aliphatic carbocycles. The van der Waals surface area contributed by atoms with Crippen molar-refractivity contribution >= 4 is 17.0 Å². The van der Waals surface area contributed by atoms with E-state index >= 15 is 0 Å². The van der Waals surface area contributed by atoms with Crippen molar-refractivity contribution in [3.63, 3.8) is 0 Å². The first-order valence-electron chi connectivity index (χ1n) is 7.15. The van der Waals surface area contributed by atoms with Crippen LogP contribution in [0.4, 0.5) is 4.39 Å². The van der Waals surface area contributed by atoms with Gasteiger partial charge in [0.25, 0.3) is 0 Å². The van der Waals surface area contributed by atoms with Crippen LogP contribution in [0.25, 0.3) is 11.0 Å². The summed E-state index contributed by atoms with van der Waals surface area (Å²) in [4.78, 5) is 15.7. The number of imidazole rings is 1. The molecule has 0 saturated carbocycles. The van der Waals surface area contributed by atoms with Gasteiger partial charge >= 0.3 is 5.97 Å². The molecule has 0 radical (unpaired) electrons. The third-order valence-corrected chi connectivity index (χ3v) is 3.83. The van der Waals surface area contributed by atoms with E-state index in [1.807, 2.05) is 11.5 Å². The van der Waals surface area contributed by atoms with Crippen molar-refractivity contribution in [2.24, 2.45) is 0 Å². The molecule has 22 heavy (non-hydrogen) atoms. The van der Waals surface area contributed by atoms with E-state index in [0.717, 1.165) is 5.52 Å². The number of hydrogen-bond acceptors (Lipinski definition) is 4. The number of carboxylic acids is 1. The number of aliphatic carboxylic acids is 1. The van der Waals surface area contributed by atoms with Gasteiger partial charge in [-0.1, -0.05) is 0 Å². The fourth-order valence-electron chi connectivity index (χ4n) is 2.41. The topological polar surface area (TPSA) is 87.4 Å². The molecule has 120 valence electrons. The minimum absolute atomic E-state index is 0.0866. The Hall–Kier alpha value is -1.99. The zero-order valence-electron chi connectivity index (χ0n) is 12.6. The number of rotatable bonds is 7. The molecule has 1 atom stereocenters. The maximum atomic E-state index is 13.3. The third-order valence-electron chi connectivity index (χ3n) is 3.83. The van der Waals surface area contributed by atoms with Gasteiger partial charge in [0.2, 0.25) is 0 Å². The van der Waals surface area contributed by atoms with E-state index in [4.69, 9.17) is 5.11 Å². The molecule has 0 spiro atoms. The van der Waals surface area contributed by atoms with Crippen LogP contribution >= 0.6 is 0 Å². The number of fused-ring (bicyclic) bond motifs is 1.